The van der Waals surface area contributed by atoms with Crippen molar-refractivity contribution in [2.75, 3.05) is 0 Å². The predicted octanol–water partition coefficient (Wildman–Crippen LogP) is 4.05. The zero-order valence-electron chi connectivity index (χ0n) is 12.4. The van der Waals surface area contributed by atoms with Gasteiger partial charge in [-0.1, -0.05) is 30.3 Å². The van der Waals surface area contributed by atoms with E-state index >= 15 is 0 Å². The Labute approximate surface area is 129 Å². The van der Waals surface area contributed by atoms with E-state index < -0.39 is 0 Å². The maximum Gasteiger partial charge on any atom is 0.130 e. The third-order valence-corrected chi connectivity index (χ3v) is 3.90. The molecule has 0 fully saturated rings. The summed E-state index contributed by atoms with van der Waals surface area (Å²) in [6.45, 7) is 1.58. The molecule has 0 amide bonds. The van der Waals surface area contributed by atoms with E-state index in [1.54, 1.807) is 25.4 Å². The number of carbonyl (C=O) groups is 1. The van der Waals surface area contributed by atoms with E-state index in [-0.39, 0.29) is 17.5 Å². The third kappa shape index (κ3) is 2.70. The number of pyridine rings is 1. The molecule has 3 rings (SSSR count). The van der Waals surface area contributed by atoms with Gasteiger partial charge in [0, 0.05) is 30.3 Å². The van der Waals surface area contributed by atoms with E-state index in [1.165, 1.54) is 0 Å². The van der Waals surface area contributed by atoms with Crippen molar-refractivity contribution in [3.63, 3.8) is 0 Å². The lowest BCUT2D eigenvalue weighted by atomic mass is 9.84. The van der Waals surface area contributed by atoms with E-state index in [0.717, 1.165) is 21.9 Å². The van der Waals surface area contributed by atoms with Gasteiger partial charge < -0.3 is 5.11 Å². The van der Waals surface area contributed by atoms with Gasteiger partial charge in [-0.25, -0.2) is 0 Å². The predicted molar refractivity (Wildman–Crippen MR) is 87.0 cm³/mol. The van der Waals surface area contributed by atoms with Crippen LogP contribution in [0.2, 0.25) is 0 Å². The number of ketones is 1. The summed E-state index contributed by atoms with van der Waals surface area (Å²) in [7, 11) is 0. The van der Waals surface area contributed by atoms with Crippen LogP contribution in [0.1, 0.15) is 30.4 Å². The summed E-state index contributed by atoms with van der Waals surface area (Å²) in [5, 5.41) is 12.5. The van der Waals surface area contributed by atoms with Gasteiger partial charge in [0.05, 0.1) is 0 Å². The maximum absolute atomic E-state index is 11.8. The fourth-order valence-corrected chi connectivity index (χ4v) is 2.92. The molecule has 22 heavy (non-hydrogen) atoms. The summed E-state index contributed by atoms with van der Waals surface area (Å²) >= 11 is 0. The minimum absolute atomic E-state index is 0.0918. The number of carbonyl (C=O) groups excluding carboxylic acids is 1. The largest absolute Gasteiger partial charge is 0.508 e. The molecule has 110 valence electrons. The second kappa shape index (κ2) is 5.98. The quantitative estimate of drug-likeness (QED) is 0.789. The van der Waals surface area contributed by atoms with Gasteiger partial charge in [-0.05, 0) is 41.5 Å². The number of phenolic OH excluding ortho intramolecular Hbond substituents is 1. The van der Waals surface area contributed by atoms with Gasteiger partial charge in [0.25, 0.3) is 0 Å². The molecule has 0 saturated carbocycles. The van der Waals surface area contributed by atoms with Crippen LogP contribution in [0, 0.1) is 0 Å². The van der Waals surface area contributed by atoms with Crippen molar-refractivity contribution >= 4 is 16.6 Å². The molecule has 0 saturated heterocycles. The van der Waals surface area contributed by atoms with Crippen molar-refractivity contribution < 1.29 is 9.90 Å². The summed E-state index contributed by atoms with van der Waals surface area (Å²) in [4.78, 5) is 15.8. The second-order valence-corrected chi connectivity index (χ2v) is 5.46. The lowest BCUT2D eigenvalue weighted by molar-refractivity contribution is -0.117. The normalized spacial score (nSPS) is 12.2. The molecule has 1 heterocycles. The number of benzene rings is 2. The fraction of sp³-hybridized carbons (Fsp3) is 0.158. The number of hydrogen-bond donors (Lipinski definition) is 1. The Bertz CT molecular complexity index is 812. The first kappa shape index (κ1) is 14.3. The molecule has 1 N–H and O–H groups in total. The summed E-state index contributed by atoms with van der Waals surface area (Å²) < 4.78 is 0. The first-order valence-electron chi connectivity index (χ1n) is 7.27. The topological polar surface area (TPSA) is 50.2 Å². The number of phenols is 1. The molecule has 0 bridgehead atoms. The van der Waals surface area contributed by atoms with Gasteiger partial charge >= 0.3 is 0 Å². The maximum atomic E-state index is 11.8. The molecule has 1 atom stereocenters. The number of aromatic nitrogens is 1. The third-order valence-electron chi connectivity index (χ3n) is 3.90. The minimum Gasteiger partial charge on any atom is -0.508 e. The Hall–Kier alpha value is -2.68. The summed E-state index contributed by atoms with van der Waals surface area (Å²) in [5.74, 6) is 0.141. The smallest absolute Gasteiger partial charge is 0.130 e. The number of nitrogens with zero attached hydrogens (tertiary/aromatic N) is 1. The second-order valence-electron chi connectivity index (χ2n) is 5.46. The first-order valence-corrected chi connectivity index (χ1v) is 7.27. The van der Waals surface area contributed by atoms with Gasteiger partial charge in [-0.15, -0.1) is 0 Å². The summed E-state index contributed by atoms with van der Waals surface area (Å²) in [6.07, 6.45) is 3.78. The van der Waals surface area contributed by atoms with Crippen LogP contribution in [0.15, 0.2) is 60.9 Å². The number of hydrogen-bond acceptors (Lipinski definition) is 3. The standard InChI is InChI=1S/C19H17NO2/c1-13(21)12-17(15-8-10-20-11-9-15)19-16-5-3-2-4-14(16)6-7-18(19)22/h2-11,17,22H,12H2,1H3. The van der Waals surface area contributed by atoms with Crippen LogP contribution < -0.4 is 0 Å². The van der Waals surface area contributed by atoms with Crippen molar-refractivity contribution in [2.45, 2.75) is 19.3 Å². The molecule has 0 radical (unpaired) electrons. The van der Waals surface area contributed by atoms with Crippen LogP contribution in [0.25, 0.3) is 10.8 Å². The molecular formula is C19H17NO2. The highest BCUT2D eigenvalue weighted by atomic mass is 16.3. The van der Waals surface area contributed by atoms with Crippen molar-refractivity contribution in [1.29, 1.82) is 0 Å². The molecule has 0 aliphatic rings. The zero-order chi connectivity index (χ0) is 15.5. The Morgan fingerprint density at radius 3 is 2.55 bits per heavy atom. The molecule has 1 aromatic heterocycles. The molecule has 0 spiro atoms. The van der Waals surface area contributed by atoms with Crippen LogP contribution >= 0.6 is 0 Å². The molecule has 0 aliphatic carbocycles. The highest BCUT2D eigenvalue weighted by Gasteiger charge is 2.21. The van der Waals surface area contributed by atoms with Crippen molar-refractivity contribution in [1.82, 2.24) is 4.98 Å². The average molecular weight is 291 g/mol. The average Bonchev–Trinajstić information content (AvgIpc) is 2.54. The zero-order valence-corrected chi connectivity index (χ0v) is 12.4. The SMILES string of the molecule is CC(=O)CC(c1ccncc1)c1c(O)ccc2ccccc12. The van der Waals surface area contributed by atoms with E-state index in [0.29, 0.717) is 6.42 Å². The molecule has 2 aromatic carbocycles. The van der Waals surface area contributed by atoms with Gasteiger partial charge in [0.1, 0.15) is 11.5 Å². The summed E-state index contributed by atoms with van der Waals surface area (Å²) in [5.41, 5.74) is 1.79. The molecule has 1 unspecified atom stereocenters. The Kier molecular flexibility index (Phi) is 3.88. The number of rotatable bonds is 4. The Morgan fingerprint density at radius 2 is 1.82 bits per heavy atom. The first-order chi connectivity index (χ1) is 10.7. The lowest BCUT2D eigenvalue weighted by Crippen LogP contribution is -2.07. The van der Waals surface area contributed by atoms with Gasteiger partial charge in [0.2, 0.25) is 0 Å². The monoisotopic (exact) mass is 291 g/mol. The molecule has 0 aliphatic heterocycles. The van der Waals surface area contributed by atoms with Crippen molar-refractivity contribution in [2.24, 2.45) is 0 Å². The number of aromatic hydroxyl groups is 1. The molecular weight excluding hydrogens is 274 g/mol. The van der Waals surface area contributed by atoms with E-state index in [1.807, 2.05) is 42.5 Å². The molecule has 3 heteroatoms. The van der Waals surface area contributed by atoms with Crippen LogP contribution in [0.4, 0.5) is 0 Å². The van der Waals surface area contributed by atoms with Crippen LogP contribution in [0.5, 0.6) is 5.75 Å². The highest BCUT2D eigenvalue weighted by Crippen LogP contribution is 2.38. The van der Waals surface area contributed by atoms with Gasteiger partial charge in [0.15, 0.2) is 0 Å². The van der Waals surface area contributed by atoms with Crippen LogP contribution in [-0.4, -0.2) is 15.9 Å². The molecule has 3 aromatic rings. The highest BCUT2D eigenvalue weighted by molar-refractivity contribution is 5.89. The van der Waals surface area contributed by atoms with Gasteiger partial charge in [-0.3, -0.25) is 9.78 Å². The van der Waals surface area contributed by atoms with Crippen molar-refractivity contribution in [3.8, 4) is 5.75 Å². The van der Waals surface area contributed by atoms with Crippen LogP contribution in [-0.2, 0) is 4.79 Å². The number of Topliss-reactive ketones (excluding diaryl/α,β-unsaturated/α-hetero) is 1. The number of fused-ring (bicyclic) bond motifs is 1. The van der Waals surface area contributed by atoms with E-state index in [4.69, 9.17) is 0 Å². The molecule has 3 nitrogen and oxygen atoms in total. The Balaban J connectivity index is 2.24. The van der Waals surface area contributed by atoms with E-state index in [9.17, 15) is 9.90 Å². The summed E-state index contributed by atoms with van der Waals surface area (Å²) in [6, 6.07) is 15.3. The van der Waals surface area contributed by atoms with E-state index in [2.05, 4.69) is 4.98 Å². The lowest BCUT2D eigenvalue weighted by Gasteiger charge is -2.20. The Morgan fingerprint density at radius 1 is 1.09 bits per heavy atom. The van der Waals surface area contributed by atoms with Crippen LogP contribution in [0.3, 0.4) is 0 Å². The fourth-order valence-electron chi connectivity index (χ4n) is 2.92. The van der Waals surface area contributed by atoms with Crippen molar-refractivity contribution in [3.05, 3.63) is 72.1 Å². The minimum atomic E-state index is -0.174. The van der Waals surface area contributed by atoms with Gasteiger partial charge in [-0.2, -0.15) is 0 Å².